The summed E-state index contributed by atoms with van der Waals surface area (Å²) in [4.78, 5) is 10.3. The molecule has 0 unspecified atom stereocenters. The predicted octanol–water partition coefficient (Wildman–Crippen LogP) is 1.77. The molecule has 1 amide bonds. The van der Waals surface area contributed by atoms with Gasteiger partial charge >= 0.3 is 5.37 Å². The van der Waals surface area contributed by atoms with Crippen LogP contribution in [0.5, 0.6) is 0 Å². The first-order valence-electron chi connectivity index (χ1n) is 4.00. The molecule has 0 atom stereocenters. The van der Waals surface area contributed by atoms with Gasteiger partial charge in [-0.25, -0.2) is 5.43 Å². The van der Waals surface area contributed by atoms with Gasteiger partial charge < -0.3 is 0 Å². The first kappa shape index (κ1) is 8.81. The second-order valence-corrected chi connectivity index (χ2v) is 3.22. The number of nitrogens with one attached hydrogen (secondary N) is 2. The largest absolute Gasteiger partial charge is 0.327 e. The van der Waals surface area contributed by atoms with Crippen LogP contribution in [-0.4, -0.2) is 11.4 Å². The van der Waals surface area contributed by atoms with E-state index in [1.54, 1.807) is 0 Å². The molecule has 0 bridgehead atoms. The van der Waals surface area contributed by atoms with Crippen LogP contribution in [0.4, 0.5) is 4.79 Å². The Morgan fingerprint density at radius 3 is 2.45 bits per heavy atom. The van der Waals surface area contributed by atoms with Gasteiger partial charge in [0.05, 0.1) is 0 Å². The maximum absolute atomic E-state index is 10.3. The Kier molecular flexibility index (Phi) is 3.66. The summed E-state index contributed by atoms with van der Waals surface area (Å²) in [6.07, 6.45) is 6.08. The Labute approximate surface area is 71.5 Å². The minimum absolute atomic E-state index is 0.423. The number of amides is 1. The van der Waals surface area contributed by atoms with Crippen LogP contribution >= 0.6 is 11.6 Å². The molecular formula is C7H13ClN2O. The summed E-state index contributed by atoms with van der Waals surface area (Å²) in [5.41, 5.74) is 5.28. The van der Waals surface area contributed by atoms with E-state index in [9.17, 15) is 4.79 Å². The highest BCUT2D eigenvalue weighted by Crippen LogP contribution is 2.16. The van der Waals surface area contributed by atoms with E-state index >= 15 is 0 Å². The van der Waals surface area contributed by atoms with E-state index in [1.807, 2.05) is 0 Å². The zero-order valence-electron chi connectivity index (χ0n) is 6.40. The Balaban J connectivity index is 2.09. The monoisotopic (exact) mass is 176 g/mol. The van der Waals surface area contributed by atoms with Crippen LogP contribution in [0.3, 0.4) is 0 Å². The van der Waals surface area contributed by atoms with Gasteiger partial charge in [-0.15, -0.1) is 0 Å². The zero-order valence-corrected chi connectivity index (χ0v) is 7.16. The van der Waals surface area contributed by atoms with Crippen LogP contribution in [0.1, 0.15) is 32.1 Å². The fraction of sp³-hybridized carbons (Fsp3) is 0.857. The molecular weight excluding hydrogens is 164 g/mol. The topological polar surface area (TPSA) is 41.1 Å². The number of halogens is 1. The SMILES string of the molecule is O=C(Cl)NNC1CCCCC1. The van der Waals surface area contributed by atoms with E-state index in [2.05, 4.69) is 10.9 Å². The maximum Gasteiger partial charge on any atom is 0.327 e. The van der Waals surface area contributed by atoms with Crippen molar-refractivity contribution in [3.05, 3.63) is 0 Å². The molecule has 1 saturated carbocycles. The molecule has 0 aromatic rings. The normalized spacial score (nSPS) is 19.7. The highest BCUT2D eigenvalue weighted by atomic mass is 35.5. The smallest absolute Gasteiger partial charge is 0.278 e. The number of carbonyl (C=O) groups excluding carboxylic acids is 1. The molecule has 1 fully saturated rings. The van der Waals surface area contributed by atoms with Crippen molar-refractivity contribution in [2.75, 3.05) is 0 Å². The minimum atomic E-state index is -0.532. The van der Waals surface area contributed by atoms with Crippen molar-refractivity contribution in [2.24, 2.45) is 0 Å². The first-order valence-corrected chi connectivity index (χ1v) is 4.38. The van der Waals surface area contributed by atoms with Crippen molar-refractivity contribution >= 4 is 17.0 Å². The van der Waals surface area contributed by atoms with Crippen molar-refractivity contribution in [3.63, 3.8) is 0 Å². The third-order valence-electron chi connectivity index (χ3n) is 1.98. The van der Waals surface area contributed by atoms with E-state index in [0.29, 0.717) is 6.04 Å². The van der Waals surface area contributed by atoms with Gasteiger partial charge in [-0.1, -0.05) is 19.3 Å². The molecule has 0 saturated heterocycles. The molecule has 0 spiro atoms. The molecule has 1 aliphatic rings. The molecule has 0 heterocycles. The number of hydrogen-bond acceptors (Lipinski definition) is 2. The van der Waals surface area contributed by atoms with Gasteiger partial charge in [0.25, 0.3) is 0 Å². The molecule has 4 heteroatoms. The van der Waals surface area contributed by atoms with Crippen molar-refractivity contribution in [2.45, 2.75) is 38.1 Å². The average Bonchev–Trinajstić information content (AvgIpc) is 2.03. The van der Waals surface area contributed by atoms with Crippen LogP contribution < -0.4 is 10.9 Å². The van der Waals surface area contributed by atoms with Crippen molar-refractivity contribution in [3.8, 4) is 0 Å². The van der Waals surface area contributed by atoms with E-state index in [4.69, 9.17) is 11.6 Å². The molecule has 3 nitrogen and oxygen atoms in total. The van der Waals surface area contributed by atoms with Gasteiger partial charge in [0.1, 0.15) is 0 Å². The maximum atomic E-state index is 10.3. The fourth-order valence-corrected chi connectivity index (χ4v) is 1.46. The van der Waals surface area contributed by atoms with Crippen molar-refractivity contribution in [1.82, 2.24) is 10.9 Å². The lowest BCUT2D eigenvalue weighted by Crippen LogP contribution is -2.42. The summed E-state index contributed by atoms with van der Waals surface area (Å²) in [6.45, 7) is 0. The Bertz CT molecular complexity index is 134. The third kappa shape index (κ3) is 3.58. The van der Waals surface area contributed by atoms with E-state index in [-0.39, 0.29) is 0 Å². The molecule has 0 aromatic carbocycles. The Morgan fingerprint density at radius 1 is 1.27 bits per heavy atom. The summed E-state index contributed by atoms with van der Waals surface area (Å²) in [5, 5.41) is -0.532. The molecule has 0 aromatic heterocycles. The lowest BCUT2D eigenvalue weighted by Gasteiger charge is -2.22. The molecule has 0 aliphatic heterocycles. The molecule has 11 heavy (non-hydrogen) atoms. The van der Waals surface area contributed by atoms with E-state index in [1.165, 1.54) is 19.3 Å². The highest BCUT2D eigenvalue weighted by Gasteiger charge is 2.12. The summed E-state index contributed by atoms with van der Waals surface area (Å²) in [5.74, 6) is 0. The average molecular weight is 177 g/mol. The molecule has 2 N–H and O–H groups in total. The number of carbonyl (C=O) groups is 1. The molecule has 1 rings (SSSR count). The van der Waals surface area contributed by atoms with Gasteiger partial charge in [0.2, 0.25) is 0 Å². The van der Waals surface area contributed by atoms with Crippen LogP contribution in [0.15, 0.2) is 0 Å². The van der Waals surface area contributed by atoms with Crippen molar-refractivity contribution in [1.29, 1.82) is 0 Å². The standard InChI is InChI=1S/C7H13ClN2O/c8-7(11)10-9-6-4-2-1-3-5-6/h6,9H,1-5H2,(H,10,11). The fourth-order valence-electron chi connectivity index (χ4n) is 1.41. The van der Waals surface area contributed by atoms with Gasteiger partial charge in [-0.2, -0.15) is 0 Å². The second kappa shape index (κ2) is 4.57. The van der Waals surface area contributed by atoms with Gasteiger partial charge in [0, 0.05) is 6.04 Å². The lowest BCUT2D eigenvalue weighted by molar-refractivity contribution is 0.249. The highest BCUT2D eigenvalue weighted by molar-refractivity contribution is 6.62. The van der Waals surface area contributed by atoms with Gasteiger partial charge in [-0.3, -0.25) is 10.2 Å². The van der Waals surface area contributed by atoms with Crippen LogP contribution in [0.25, 0.3) is 0 Å². The summed E-state index contributed by atoms with van der Waals surface area (Å²) < 4.78 is 0. The molecule has 0 radical (unpaired) electrons. The Morgan fingerprint density at radius 2 is 1.91 bits per heavy atom. The van der Waals surface area contributed by atoms with E-state index in [0.717, 1.165) is 12.8 Å². The summed E-state index contributed by atoms with van der Waals surface area (Å²) >= 11 is 5.08. The predicted molar refractivity (Wildman–Crippen MR) is 44.4 cm³/mol. The first-order chi connectivity index (χ1) is 5.29. The zero-order chi connectivity index (χ0) is 8.10. The van der Waals surface area contributed by atoms with Gasteiger partial charge in [-0.05, 0) is 24.4 Å². The summed E-state index contributed by atoms with van der Waals surface area (Å²) in [6, 6.07) is 0.423. The quantitative estimate of drug-likeness (QED) is 0.383. The number of hydrogen-bond donors (Lipinski definition) is 2. The molecule has 64 valence electrons. The van der Waals surface area contributed by atoms with Crippen LogP contribution in [-0.2, 0) is 0 Å². The lowest BCUT2D eigenvalue weighted by atomic mass is 9.96. The van der Waals surface area contributed by atoms with Crippen LogP contribution in [0.2, 0.25) is 0 Å². The van der Waals surface area contributed by atoms with E-state index < -0.39 is 5.37 Å². The number of rotatable bonds is 2. The van der Waals surface area contributed by atoms with Crippen molar-refractivity contribution < 1.29 is 4.79 Å². The second-order valence-electron chi connectivity index (χ2n) is 2.88. The number of hydrazine groups is 1. The van der Waals surface area contributed by atoms with Gasteiger partial charge in [0.15, 0.2) is 0 Å². The third-order valence-corrected chi connectivity index (χ3v) is 2.07. The molecule has 1 aliphatic carbocycles. The van der Waals surface area contributed by atoms with Crippen LogP contribution in [0, 0.1) is 0 Å². The minimum Gasteiger partial charge on any atom is -0.278 e. The summed E-state index contributed by atoms with van der Waals surface area (Å²) in [7, 11) is 0. The Hall–Kier alpha value is -0.280.